The van der Waals surface area contributed by atoms with E-state index in [1.165, 1.54) is 20.3 Å². The molecule has 7 nitrogen and oxygen atoms in total. The highest BCUT2D eigenvalue weighted by Gasteiger charge is 2.30. The van der Waals surface area contributed by atoms with E-state index in [-0.39, 0.29) is 12.3 Å². The second-order valence-electron chi connectivity index (χ2n) is 7.40. The van der Waals surface area contributed by atoms with E-state index in [9.17, 15) is 9.59 Å². The Bertz CT molecular complexity index is 826. The molecule has 2 heterocycles. The number of fused-ring (bicyclic) bond motifs is 1. The van der Waals surface area contributed by atoms with E-state index >= 15 is 0 Å². The van der Waals surface area contributed by atoms with Gasteiger partial charge in [0.2, 0.25) is 5.91 Å². The van der Waals surface area contributed by atoms with Gasteiger partial charge in [0.1, 0.15) is 5.82 Å². The van der Waals surface area contributed by atoms with Gasteiger partial charge in [-0.2, -0.15) is 0 Å². The molecule has 138 valence electrons. The standard InChI is InChI=1S/C19H24N4O3/c1-19(2,18(25)26)12-16(24)20-14-8-6-7-13(11-14)17-22-21-15-9-4-3-5-10-23(15)17/h6-8,11H,3-5,9-10,12H2,1-2H3,(H,20,24)(H,25,26). The lowest BCUT2D eigenvalue weighted by atomic mass is 9.89. The SMILES string of the molecule is CC(C)(CC(=O)Nc1cccc(-c2nnc3n2CCCCC3)c1)C(=O)O. The summed E-state index contributed by atoms with van der Waals surface area (Å²) in [7, 11) is 0. The highest BCUT2D eigenvalue weighted by Crippen LogP contribution is 2.26. The molecule has 1 aliphatic heterocycles. The maximum Gasteiger partial charge on any atom is 0.309 e. The largest absolute Gasteiger partial charge is 0.481 e. The van der Waals surface area contributed by atoms with Crippen molar-refractivity contribution >= 4 is 17.6 Å². The Kier molecular flexibility index (Phi) is 5.06. The molecular formula is C19H24N4O3. The van der Waals surface area contributed by atoms with Crippen LogP contribution in [0, 0.1) is 5.41 Å². The molecule has 3 rings (SSSR count). The number of hydrogen-bond donors (Lipinski definition) is 2. The van der Waals surface area contributed by atoms with E-state index in [1.54, 1.807) is 6.07 Å². The summed E-state index contributed by atoms with van der Waals surface area (Å²) in [4.78, 5) is 23.4. The van der Waals surface area contributed by atoms with E-state index in [0.717, 1.165) is 43.0 Å². The molecule has 1 aliphatic rings. The molecule has 1 aromatic heterocycles. The molecular weight excluding hydrogens is 332 g/mol. The van der Waals surface area contributed by atoms with Crippen molar-refractivity contribution in [2.45, 2.75) is 52.5 Å². The molecule has 1 amide bonds. The van der Waals surface area contributed by atoms with Gasteiger partial charge in [-0.15, -0.1) is 10.2 Å². The third-order valence-electron chi connectivity index (χ3n) is 4.70. The van der Waals surface area contributed by atoms with Crippen LogP contribution in [0.5, 0.6) is 0 Å². The average Bonchev–Trinajstić information content (AvgIpc) is 2.83. The number of aromatic nitrogens is 3. The highest BCUT2D eigenvalue weighted by atomic mass is 16.4. The number of nitrogens with zero attached hydrogens (tertiary/aromatic N) is 3. The predicted molar refractivity (Wildman–Crippen MR) is 97.7 cm³/mol. The first-order chi connectivity index (χ1) is 12.4. The van der Waals surface area contributed by atoms with Crippen LogP contribution in [-0.2, 0) is 22.6 Å². The van der Waals surface area contributed by atoms with Crippen LogP contribution < -0.4 is 5.32 Å². The van der Waals surface area contributed by atoms with E-state index in [2.05, 4.69) is 20.1 Å². The van der Waals surface area contributed by atoms with Gasteiger partial charge in [0.05, 0.1) is 5.41 Å². The Balaban J connectivity index is 1.78. The summed E-state index contributed by atoms with van der Waals surface area (Å²) >= 11 is 0. The molecule has 26 heavy (non-hydrogen) atoms. The Morgan fingerprint density at radius 2 is 2.04 bits per heavy atom. The topological polar surface area (TPSA) is 97.1 Å². The number of carboxylic acid groups (broad SMARTS) is 1. The van der Waals surface area contributed by atoms with Gasteiger partial charge >= 0.3 is 5.97 Å². The number of carbonyl (C=O) groups excluding carboxylic acids is 1. The van der Waals surface area contributed by atoms with Crippen LogP contribution in [0.2, 0.25) is 0 Å². The molecule has 2 aromatic rings. The molecule has 0 aliphatic carbocycles. The summed E-state index contributed by atoms with van der Waals surface area (Å²) in [5.74, 6) is 0.501. The van der Waals surface area contributed by atoms with E-state index in [1.807, 2.05) is 18.2 Å². The summed E-state index contributed by atoms with van der Waals surface area (Å²) in [6.07, 6.45) is 4.28. The lowest BCUT2D eigenvalue weighted by Crippen LogP contribution is -2.29. The zero-order chi connectivity index (χ0) is 18.7. The van der Waals surface area contributed by atoms with Gasteiger partial charge in [-0.25, -0.2) is 0 Å². The molecule has 0 unspecified atom stereocenters. The number of benzene rings is 1. The summed E-state index contributed by atoms with van der Waals surface area (Å²) in [5.41, 5.74) is 0.409. The van der Waals surface area contributed by atoms with Gasteiger partial charge in [-0.05, 0) is 38.8 Å². The molecule has 0 atom stereocenters. The Morgan fingerprint density at radius 1 is 1.23 bits per heavy atom. The van der Waals surface area contributed by atoms with Crippen LogP contribution >= 0.6 is 0 Å². The van der Waals surface area contributed by atoms with Gasteiger partial charge in [0.15, 0.2) is 5.82 Å². The number of hydrogen-bond acceptors (Lipinski definition) is 4. The van der Waals surface area contributed by atoms with Crippen molar-refractivity contribution in [3.8, 4) is 11.4 Å². The van der Waals surface area contributed by atoms with Crippen LogP contribution in [0.25, 0.3) is 11.4 Å². The third-order valence-corrected chi connectivity index (χ3v) is 4.70. The van der Waals surface area contributed by atoms with Crippen molar-refractivity contribution in [2.24, 2.45) is 5.41 Å². The molecule has 0 saturated carbocycles. The van der Waals surface area contributed by atoms with Crippen LogP contribution in [0.1, 0.15) is 45.4 Å². The van der Waals surface area contributed by atoms with Crippen molar-refractivity contribution in [3.05, 3.63) is 30.1 Å². The first kappa shape index (κ1) is 18.1. The predicted octanol–water partition coefficient (Wildman–Crippen LogP) is 3.11. The van der Waals surface area contributed by atoms with Crippen LogP contribution in [-0.4, -0.2) is 31.7 Å². The van der Waals surface area contributed by atoms with Crippen molar-refractivity contribution in [1.82, 2.24) is 14.8 Å². The monoisotopic (exact) mass is 356 g/mol. The minimum Gasteiger partial charge on any atom is -0.481 e. The second-order valence-corrected chi connectivity index (χ2v) is 7.40. The zero-order valence-electron chi connectivity index (χ0n) is 15.2. The highest BCUT2D eigenvalue weighted by molar-refractivity contribution is 5.94. The van der Waals surface area contributed by atoms with Crippen LogP contribution in [0.15, 0.2) is 24.3 Å². The van der Waals surface area contributed by atoms with Crippen molar-refractivity contribution in [3.63, 3.8) is 0 Å². The van der Waals surface area contributed by atoms with Gasteiger partial charge < -0.3 is 15.0 Å². The number of carboxylic acids is 1. The third kappa shape index (κ3) is 3.92. The maximum atomic E-state index is 12.2. The lowest BCUT2D eigenvalue weighted by Gasteiger charge is -2.18. The molecule has 0 spiro atoms. The lowest BCUT2D eigenvalue weighted by molar-refractivity contribution is -0.148. The summed E-state index contributed by atoms with van der Waals surface area (Å²) in [6.45, 7) is 3.98. The molecule has 1 aromatic carbocycles. The number of aliphatic carboxylic acids is 1. The Labute approximate surface area is 152 Å². The minimum absolute atomic E-state index is 0.0904. The Hall–Kier alpha value is -2.70. The molecule has 0 saturated heterocycles. The van der Waals surface area contributed by atoms with Crippen LogP contribution in [0.3, 0.4) is 0 Å². The number of rotatable bonds is 5. The van der Waals surface area contributed by atoms with E-state index in [4.69, 9.17) is 5.11 Å². The van der Waals surface area contributed by atoms with Gasteiger partial charge in [0, 0.05) is 30.6 Å². The minimum atomic E-state index is -1.11. The second kappa shape index (κ2) is 7.27. The fourth-order valence-corrected chi connectivity index (χ4v) is 3.12. The molecule has 0 radical (unpaired) electrons. The van der Waals surface area contributed by atoms with E-state index in [0.29, 0.717) is 5.69 Å². The normalized spacial score (nSPS) is 14.4. The number of nitrogens with one attached hydrogen (secondary N) is 1. The smallest absolute Gasteiger partial charge is 0.309 e. The number of amides is 1. The average molecular weight is 356 g/mol. The fourth-order valence-electron chi connectivity index (χ4n) is 3.12. The van der Waals surface area contributed by atoms with Gasteiger partial charge in [-0.3, -0.25) is 9.59 Å². The quantitative estimate of drug-likeness (QED) is 0.858. The number of aryl methyl sites for hydroxylation is 1. The van der Waals surface area contributed by atoms with Gasteiger partial charge in [0.25, 0.3) is 0 Å². The number of anilines is 1. The van der Waals surface area contributed by atoms with Crippen molar-refractivity contribution in [2.75, 3.05) is 5.32 Å². The van der Waals surface area contributed by atoms with Crippen molar-refractivity contribution < 1.29 is 14.7 Å². The summed E-state index contributed by atoms with van der Waals surface area (Å²) < 4.78 is 2.15. The Morgan fingerprint density at radius 3 is 2.81 bits per heavy atom. The van der Waals surface area contributed by atoms with E-state index < -0.39 is 11.4 Å². The number of carbonyl (C=O) groups is 2. The molecule has 7 heteroatoms. The first-order valence-electron chi connectivity index (χ1n) is 8.92. The van der Waals surface area contributed by atoms with Crippen molar-refractivity contribution in [1.29, 1.82) is 0 Å². The summed E-state index contributed by atoms with van der Waals surface area (Å²) in [5, 5.41) is 20.6. The van der Waals surface area contributed by atoms with Crippen LogP contribution in [0.4, 0.5) is 5.69 Å². The molecule has 2 N–H and O–H groups in total. The maximum absolute atomic E-state index is 12.2. The molecule has 0 fully saturated rings. The molecule has 0 bridgehead atoms. The zero-order valence-corrected chi connectivity index (χ0v) is 15.2. The van der Waals surface area contributed by atoms with Gasteiger partial charge in [-0.1, -0.05) is 18.6 Å². The first-order valence-corrected chi connectivity index (χ1v) is 8.92. The fraction of sp³-hybridized carbons (Fsp3) is 0.474. The summed E-state index contributed by atoms with van der Waals surface area (Å²) in [6, 6.07) is 7.44.